The second-order valence-electron chi connectivity index (χ2n) is 4.37. The van der Waals surface area contributed by atoms with E-state index in [2.05, 4.69) is 10.3 Å². The van der Waals surface area contributed by atoms with Crippen molar-refractivity contribution in [1.82, 2.24) is 15.0 Å². The summed E-state index contributed by atoms with van der Waals surface area (Å²) in [5, 5.41) is 7.72. The molecule has 0 saturated carbocycles. The van der Waals surface area contributed by atoms with Crippen LogP contribution < -0.4 is 0 Å². The van der Waals surface area contributed by atoms with Gasteiger partial charge in [-0.2, -0.15) is 0 Å². The van der Waals surface area contributed by atoms with Gasteiger partial charge < -0.3 is 4.74 Å². The molecule has 0 aromatic carbocycles. The quantitative estimate of drug-likeness (QED) is 0.577. The van der Waals surface area contributed by atoms with Crippen molar-refractivity contribution in [2.24, 2.45) is 0 Å². The van der Waals surface area contributed by atoms with Crippen LogP contribution in [0.25, 0.3) is 6.08 Å². The smallest absolute Gasteiger partial charge is 0.331 e. The van der Waals surface area contributed by atoms with Crippen LogP contribution in [0.1, 0.15) is 33.4 Å². The SMILES string of the molecule is CCn1cc(C=CC(=O)OC(C)(C)C)nn1. The highest BCUT2D eigenvalue weighted by atomic mass is 16.6. The summed E-state index contributed by atoms with van der Waals surface area (Å²) in [4.78, 5) is 11.3. The van der Waals surface area contributed by atoms with Crippen LogP contribution >= 0.6 is 0 Å². The fourth-order valence-corrected chi connectivity index (χ4v) is 1.03. The first-order valence-electron chi connectivity index (χ1n) is 5.22. The normalized spacial score (nSPS) is 12.0. The fraction of sp³-hybridized carbons (Fsp3) is 0.545. The van der Waals surface area contributed by atoms with E-state index in [-0.39, 0.29) is 5.97 Å². The molecule has 5 nitrogen and oxygen atoms in total. The average Bonchev–Trinajstić information content (AvgIpc) is 2.59. The minimum Gasteiger partial charge on any atom is -0.457 e. The molecule has 5 heteroatoms. The minimum atomic E-state index is -0.470. The van der Waals surface area contributed by atoms with Crippen molar-refractivity contribution in [3.8, 4) is 0 Å². The highest BCUT2D eigenvalue weighted by Gasteiger charge is 2.13. The second kappa shape index (κ2) is 4.92. The summed E-state index contributed by atoms with van der Waals surface area (Å²) in [5.74, 6) is -0.376. The predicted molar refractivity (Wildman–Crippen MR) is 60.6 cm³/mol. The standard InChI is InChI=1S/C11H17N3O2/c1-5-14-8-9(12-13-14)6-7-10(15)16-11(2,3)4/h6-8H,5H2,1-4H3. The van der Waals surface area contributed by atoms with E-state index in [4.69, 9.17) is 4.74 Å². The summed E-state index contributed by atoms with van der Waals surface area (Å²) in [5.41, 5.74) is 0.176. The molecule has 0 aliphatic carbocycles. The molecule has 16 heavy (non-hydrogen) atoms. The number of rotatable bonds is 3. The number of esters is 1. The first-order chi connectivity index (χ1) is 7.40. The Balaban J connectivity index is 2.56. The fourth-order valence-electron chi connectivity index (χ4n) is 1.03. The molecule has 0 unspecified atom stereocenters. The molecule has 1 heterocycles. The van der Waals surface area contributed by atoms with Gasteiger partial charge in [0.2, 0.25) is 0 Å². The molecular weight excluding hydrogens is 206 g/mol. The van der Waals surface area contributed by atoms with E-state index in [9.17, 15) is 4.79 Å². The van der Waals surface area contributed by atoms with Crippen LogP contribution in [-0.2, 0) is 16.1 Å². The van der Waals surface area contributed by atoms with E-state index in [1.54, 1.807) is 17.0 Å². The summed E-state index contributed by atoms with van der Waals surface area (Å²) in [6, 6.07) is 0. The van der Waals surface area contributed by atoms with E-state index < -0.39 is 5.60 Å². The van der Waals surface area contributed by atoms with Crippen LogP contribution in [0.2, 0.25) is 0 Å². The molecule has 0 atom stereocenters. The average molecular weight is 223 g/mol. The summed E-state index contributed by atoms with van der Waals surface area (Å²) < 4.78 is 6.80. The van der Waals surface area contributed by atoms with Crippen molar-refractivity contribution in [3.63, 3.8) is 0 Å². The van der Waals surface area contributed by atoms with Crippen LogP contribution in [-0.4, -0.2) is 26.6 Å². The predicted octanol–water partition coefficient (Wildman–Crippen LogP) is 1.65. The van der Waals surface area contributed by atoms with Crippen molar-refractivity contribution >= 4 is 12.0 Å². The zero-order valence-corrected chi connectivity index (χ0v) is 10.1. The number of aryl methyl sites for hydroxylation is 1. The van der Waals surface area contributed by atoms with Crippen molar-refractivity contribution < 1.29 is 9.53 Å². The number of carbonyl (C=O) groups excluding carboxylic acids is 1. The number of ether oxygens (including phenoxy) is 1. The lowest BCUT2D eigenvalue weighted by molar-refractivity contribution is -0.148. The second-order valence-corrected chi connectivity index (χ2v) is 4.37. The molecule has 0 bridgehead atoms. The highest BCUT2D eigenvalue weighted by molar-refractivity contribution is 5.86. The molecule has 0 aliphatic rings. The third-order valence-corrected chi connectivity index (χ3v) is 1.68. The molecule has 0 amide bonds. The van der Waals surface area contributed by atoms with Crippen LogP contribution in [0.4, 0.5) is 0 Å². The lowest BCUT2D eigenvalue weighted by Crippen LogP contribution is -2.22. The van der Waals surface area contributed by atoms with Crippen molar-refractivity contribution in [1.29, 1.82) is 0 Å². The molecule has 1 aromatic heterocycles. The van der Waals surface area contributed by atoms with Gasteiger partial charge in [0.05, 0.1) is 6.20 Å². The molecule has 0 fully saturated rings. The van der Waals surface area contributed by atoms with Crippen LogP contribution in [0.15, 0.2) is 12.3 Å². The molecule has 0 N–H and O–H groups in total. The van der Waals surface area contributed by atoms with Gasteiger partial charge in [-0.15, -0.1) is 5.10 Å². The molecule has 0 radical (unpaired) electrons. The Hall–Kier alpha value is -1.65. The van der Waals surface area contributed by atoms with Gasteiger partial charge in [0.15, 0.2) is 0 Å². The zero-order valence-electron chi connectivity index (χ0n) is 10.1. The lowest BCUT2D eigenvalue weighted by Gasteiger charge is -2.17. The molecule has 0 saturated heterocycles. The Morgan fingerprint density at radius 1 is 1.56 bits per heavy atom. The first kappa shape index (κ1) is 12.4. The summed E-state index contributed by atoms with van der Waals surface area (Å²) in [7, 11) is 0. The maximum atomic E-state index is 11.3. The summed E-state index contributed by atoms with van der Waals surface area (Å²) in [6.07, 6.45) is 4.71. The van der Waals surface area contributed by atoms with Crippen LogP contribution in [0, 0.1) is 0 Å². The van der Waals surface area contributed by atoms with E-state index >= 15 is 0 Å². The molecular formula is C11H17N3O2. The third kappa shape index (κ3) is 4.25. The molecule has 0 aliphatic heterocycles. The molecule has 0 spiro atoms. The number of hydrogen-bond donors (Lipinski definition) is 0. The number of hydrogen-bond acceptors (Lipinski definition) is 4. The minimum absolute atomic E-state index is 0.376. The van der Waals surface area contributed by atoms with Crippen molar-refractivity contribution in [2.45, 2.75) is 39.8 Å². The summed E-state index contributed by atoms with van der Waals surface area (Å²) in [6.45, 7) is 8.20. The Morgan fingerprint density at radius 3 is 2.75 bits per heavy atom. The molecule has 1 aromatic rings. The Bertz CT molecular complexity index is 388. The van der Waals surface area contributed by atoms with E-state index in [0.29, 0.717) is 5.69 Å². The Kier molecular flexibility index (Phi) is 3.82. The molecule has 88 valence electrons. The number of nitrogens with zero attached hydrogens (tertiary/aromatic N) is 3. The van der Waals surface area contributed by atoms with Crippen molar-refractivity contribution in [2.75, 3.05) is 0 Å². The third-order valence-electron chi connectivity index (χ3n) is 1.68. The number of aromatic nitrogens is 3. The monoisotopic (exact) mass is 223 g/mol. The summed E-state index contributed by atoms with van der Waals surface area (Å²) >= 11 is 0. The highest BCUT2D eigenvalue weighted by Crippen LogP contribution is 2.07. The zero-order chi connectivity index (χ0) is 12.2. The van der Waals surface area contributed by atoms with Gasteiger partial charge >= 0.3 is 5.97 Å². The van der Waals surface area contributed by atoms with Gasteiger partial charge in [-0.3, -0.25) is 4.68 Å². The maximum Gasteiger partial charge on any atom is 0.331 e. The van der Waals surface area contributed by atoms with Gasteiger partial charge in [0.25, 0.3) is 0 Å². The first-order valence-corrected chi connectivity index (χ1v) is 5.22. The van der Waals surface area contributed by atoms with Crippen LogP contribution in [0.3, 0.4) is 0 Å². The van der Waals surface area contributed by atoms with Crippen LogP contribution in [0.5, 0.6) is 0 Å². The number of carbonyl (C=O) groups is 1. The van der Waals surface area contributed by atoms with Gasteiger partial charge in [-0.05, 0) is 33.8 Å². The van der Waals surface area contributed by atoms with Gasteiger partial charge in [0.1, 0.15) is 11.3 Å². The topological polar surface area (TPSA) is 57.0 Å². The van der Waals surface area contributed by atoms with E-state index in [1.165, 1.54) is 6.08 Å². The van der Waals surface area contributed by atoms with E-state index in [0.717, 1.165) is 6.54 Å². The Morgan fingerprint density at radius 2 is 2.25 bits per heavy atom. The van der Waals surface area contributed by atoms with Gasteiger partial charge in [0, 0.05) is 12.6 Å². The van der Waals surface area contributed by atoms with Crippen molar-refractivity contribution in [3.05, 3.63) is 18.0 Å². The lowest BCUT2D eigenvalue weighted by atomic mass is 10.2. The maximum absolute atomic E-state index is 11.3. The largest absolute Gasteiger partial charge is 0.457 e. The molecule has 1 rings (SSSR count). The van der Waals surface area contributed by atoms with Gasteiger partial charge in [-0.1, -0.05) is 5.21 Å². The Labute approximate surface area is 95.1 Å². The van der Waals surface area contributed by atoms with E-state index in [1.807, 2.05) is 27.7 Å². The van der Waals surface area contributed by atoms with Gasteiger partial charge in [-0.25, -0.2) is 4.79 Å².